The van der Waals surface area contributed by atoms with E-state index in [1.54, 1.807) is 39.2 Å². The quantitative estimate of drug-likeness (QED) is 0.419. The zero-order valence-corrected chi connectivity index (χ0v) is 16.1. The van der Waals surface area contributed by atoms with E-state index < -0.39 is 11.9 Å². The van der Waals surface area contributed by atoms with Gasteiger partial charge in [0, 0.05) is 12.4 Å². The van der Waals surface area contributed by atoms with Crippen molar-refractivity contribution >= 4 is 45.9 Å². The molecule has 0 unspecified atom stereocenters. The summed E-state index contributed by atoms with van der Waals surface area (Å²) in [6, 6.07) is 1.68. The molecule has 2 rings (SSSR count). The first-order valence-electron chi connectivity index (χ1n) is 7.63. The molecule has 0 spiro atoms. The van der Waals surface area contributed by atoms with E-state index in [1.165, 1.54) is 0 Å². The van der Waals surface area contributed by atoms with Gasteiger partial charge in [0.15, 0.2) is 5.16 Å². The van der Waals surface area contributed by atoms with Gasteiger partial charge in [-0.15, -0.1) is 11.3 Å². The van der Waals surface area contributed by atoms with Crippen LogP contribution in [0.2, 0.25) is 0 Å². The highest BCUT2D eigenvalue weighted by molar-refractivity contribution is 7.99. The molecule has 2 amide bonds. The second kappa shape index (κ2) is 8.77. The average molecular weight is 394 g/mol. The second-order valence-corrected chi connectivity index (χ2v) is 7.41. The average Bonchev–Trinajstić information content (AvgIpc) is 2.89. The fourth-order valence-electron chi connectivity index (χ4n) is 2.01. The molecule has 3 N–H and O–H groups in total. The van der Waals surface area contributed by atoms with Crippen LogP contribution in [0.3, 0.4) is 0 Å². The third-order valence-corrected chi connectivity index (χ3v) is 5.14. The molecule has 0 aromatic carbocycles. The maximum atomic E-state index is 12.3. The monoisotopic (exact) mass is 394 g/mol. The van der Waals surface area contributed by atoms with Crippen LogP contribution in [-0.2, 0) is 9.53 Å². The Balaban J connectivity index is 2.18. The molecule has 26 heavy (non-hydrogen) atoms. The number of anilines is 1. The molecule has 0 saturated heterocycles. The molecular formula is C16H18N4O4S2. The molecule has 10 heteroatoms. The predicted molar refractivity (Wildman–Crippen MR) is 99.5 cm³/mol. The SMILES string of the molecule is Cc1c(C(N)=O)sc(NC(=O)CSc2ncccn2)c1C(=O)OC(C)C. The first-order valence-corrected chi connectivity index (χ1v) is 9.43. The van der Waals surface area contributed by atoms with Gasteiger partial charge in [-0.1, -0.05) is 11.8 Å². The molecule has 0 aliphatic heterocycles. The fraction of sp³-hybridized carbons (Fsp3) is 0.312. The number of carbonyl (C=O) groups excluding carboxylic acids is 3. The Bertz CT molecular complexity index is 821. The maximum absolute atomic E-state index is 12.3. The van der Waals surface area contributed by atoms with E-state index in [0.717, 1.165) is 23.1 Å². The number of amides is 2. The molecule has 0 saturated carbocycles. The largest absolute Gasteiger partial charge is 0.459 e. The fourth-order valence-corrected chi connectivity index (χ4v) is 3.67. The number of ether oxygens (including phenoxy) is 1. The summed E-state index contributed by atoms with van der Waals surface area (Å²) in [5.74, 6) is -1.60. The lowest BCUT2D eigenvalue weighted by molar-refractivity contribution is -0.113. The van der Waals surface area contributed by atoms with E-state index >= 15 is 0 Å². The van der Waals surface area contributed by atoms with Gasteiger partial charge in [0.05, 0.1) is 22.3 Å². The molecule has 2 heterocycles. The zero-order chi connectivity index (χ0) is 19.3. The highest BCUT2D eigenvalue weighted by atomic mass is 32.2. The van der Waals surface area contributed by atoms with Crippen LogP contribution in [0, 0.1) is 6.92 Å². The number of carbonyl (C=O) groups is 3. The topological polar surface area (TPSA) is 124 Å². The summed E-state index contributed by atoms with van der Waals surface area (Å²) in [5, 5.41) is 3.34. The first kappa shape index (κ1) is 19.9. The summed E-state index contributed by atoms with van der Waals surface area (Å²) in [5.41, 5.74) is 5.89. The Morgan fingerprint density at radius 3 is 2.54 bits per heavy atom. The number of esters is 1. The summed E-state index contributed by atoms with van der Waals surface area (Å²) >= 11 is 2.10. The minimum Gasteiger partial charge on any atom is -0.459 e. The van der Waals surface area contributed by atoms with Crippen LogP contribution >= 0.6 is 23.1 Å². The minimum atomic E-state index is -0.668. The van der Waals surface area contributed by atoms with Crippen LogP contribution in [0.15, 0.2) is 23.6 Å². The van der Waals surface area contributed by atoms with Crippen molar-refractivity contribution in [2.24, 2.45) is 5.73 Å². The number of nitrogens with two attached hydrogens (primary N) is 1. The molecule has 2 aromatic heterocycles. The van der Waals surface area contributed by atoms with Gasteiger partial charge >= 0.3 is 5.97 Å². The number of hydrogen-bond acceptors (Lipinski definition) is 8. The van der Waals surface area contributed by atoms with Gasteiger partial charge in [0.25, 0.3) is 5.91 Å². The van der Waals surface area contributed by atoms with Gasteiger partial charge < -0.3 is 15.8 Å². The summed E-state index contributed by atoms with van der Waals surface area (Å²) < 4.78 is 5.20. The van der Waals surface area contributed by atoms with Crippen molar-refractivity contribution in [2.75, 3.05) is 11.1 Å². The summed E-state index contributed by atoms with van der Waals surface area (Å²) in [7, 11) is 0. The van der Waals surface area contributed by atoms with E-state index in [9.17, 15) is 14.4 Å². The number of thiophene rings is 1. The number of primary amides is 1. The van der Waals surface area contributed by atoms with Gasteiger partial charge in [-0.3, -0.25) is 9.59 Å². The van der Waals surface area contributed by atoms with Crippen LogP contribution < -0.4 is 11.1 Å². The molecule has 8 nitrogen and oxygen atoms in total. The first-order chi connectivity index (χ1) is 12.3. The highest BCUT2D eigenvalue weighted by Crippen LogP contribution is 2.34. The van der Waals surface area contributed by atoms with Crippen molar-refractivity contribution in [2.45, 2.75) is 32.0 Å². The standard InChI is InChI=1S/C16H18N4O4S2/c1-8(2)24-15(23)11-9(3)12(13(17)22)26-14(11)20-10(21)7-25-16-18-5-4-6-19-16/h4-6,8H,7H2,1-3H3,(H2,17,22)(H,20,21). The molecule has 138 valence electrons. The second-order valence-electron chi connectivity index (χ2n) is 5.45. The third-order valence-electron chi connectivity index (χ3n) is 3.04. The maximum Gasteiger partial charge on any atom is 0.341 e. The Morgan fingerprint density at radius 2 is 1.96 bits per heavy atom. The van der Waals surface area contributed by atoms with Crippen molar-refractivity contribution in [3.05, 3.63) is 34.5 Å². The van der Waals surface area contributed by atoms with Crippen molar-refractivity contribution in [3.8, 4) is 0 Å². The lowest BCUT2D eigenvalue weighted by Gasteiger charge is -2.10. The minimum absolute atomic E-state index is 0.0472. The van der Waals surface area contributed by atoms with Gasteiger partial charge in [0.1, 0.15) is 5.00 Å². The van der Waals surface area contributed by atoms with Crippen LogP contribution in [-0.4, -0.2) is 39.6 Å². The lowest BCUT2D eigenvalue weighted by Crippen LogP contribution is -2.18. The Kier molecular flexibility index (Phi) is 6.70. The van der Waals surface area contributed by atoms with Gasteiger partial charge in [-0.25, -0.2) is 14.8 Å². The lowest BCUT2D eigenvalue weighted by atomic mass is 10.1. The molecule has 0 atom stereocenters. The number of aromatic nitrogens is 2. The summed E-state index contributed by atoms with van der Waals surface area (Å²) in [6.07, 6.45) is 2.82. The van der Waals surface area contributed by atoms with E-state index in [1.807, 2.05) is 0 Å². The number of thioether (sulfide) groups is 1. The van der Waals surface area contributed by atoms with Crippen molar-refractivity contribution in [3.63, 3.8) is 0 Å². The number of rotatable bonds is 7. The van der Waals surface area contributed by atoms with Gasteiger partial charge in [-0.05, 0) is 32.4 Å². The van der Waals surface area contributed by atoms with Crippen molar-refractivity contribution in [1.29, 1.82) is 0 Å². The van der Waals surface area contributed by atoms with Crippen LogP contribution in [0.25, 0.3) is 0 Å². The summed E-state index contributed by atoms with van der Waals surface area (Å²) in [4.78, 5) is 44.4. The molecule has 0 aliphatic carbocycles. The predicted octanol–water partition coefficient (Wildman–Crippen LogP) is 2.24. The van der Waals surface area contributed by atoms with Gasteiger partial charge in [-0.2, -0.15) is 0 Å². The smallest absolute Gasteiger partial charge is 0.341 e. The molecule has 0 aliphatic rings. The Labute approximate surface area is 158 Å². The molecule has 0 fully saturated rings. The van der Waals surface area contributed by atoms with Crippen LogP contribution in [0.1, 0.15) is 39.4 Å². The van der Waals surface area contributed by atoms with Gasteiger partial charge in [0.2, 0.25) is 5.91 Å². The van der Waals surface area contributed by atoms with Crippen LogP contribution in [0.4, 0.5) is 5.00 Å². The van der Waals surface area contributed by atoms with E-state index in [-0.39, 0.29) is 33.2 Å². The zero-order valence-electron chi connectivity index (χ0n) is 14.4. The third kappa shape index (κ3) is 5.02. The highest BCUT2D eigenvalue weighted by Gasteiger charge is 2.26. The van der Waals surface area contributed by atoms with E-state index in [4.69, 9.17) is 10.5 Å². The molecule has 2 aromatic rings. The molecule has 0 radical (unpaired) electrons. The number of hydrogen-bond donors (Lipinski definition) is 2. The number of nitrogens with zero attached hydrogens (tertiary/aromatic N) is 2. The summed E-state index contributed by atoms with van der Waals surface area (Å²) in [6.45, 7) is 5.02. The molecular weight excluding hydrogens is 376 g/mol. The van der Waals surface area contributed by atoms with E-state index in [0.29, 0.717) is 10.7 Å². The van der Waals surface area contributed by atoms with Crippen molar-refractivity contribution < 1.29 is 19.1 Å². The normalized spacial score (nSPS) is 10.6. The molecule has 0 bridgehead atoms. The Hall–Kier alpha value is -2.46. The van der Waals surface area contributed by atoms with Crippen LogP contribution in [0.5, 0.6) is 0 Å². The van der Waals surface area contributed by atoms with Crippen molar-refractivity contribution in [1.82, 2.24) is 9.97 Å². The Morgan fingerprint density at radius 1 is 1.31 bits per heavy atom. The van der Waals surface area contributed by atoms with E-state index in [2.05, 4.69) is 15.3 Å². The number of nitrogens with one attached hydrogen (secondary N) is 1.